The molecule has 1 aliphatic rings. The minimum absolute atomic E-state index is 0.102. The van der Waals surface area contributed by atoms with Crippen LogP contribution in [0, 0.1) is 0 Å². The number of benzene rings is 1. The van der Waals surface area contributed by atoms with E-state index in [1.807, 2.05) is 45.0 Å². The summed E-state index contributed by atoms with van der Waals surface area (Å²) in [4.78, 5) is 26.4. The van der Waals surface area contributed by atoms with E-state index >= 15 is 0 Å². The number of methoxy groups -OCH3 is 2. The molecule has 1 aromatic carbocycles. The molecule has 1 amide bonds. The summed E-state index contributed by atoms with van der Waals surface area (Å²) < 4.78 is 18.0. The van der Waals surface area contributed by atoms with Crippen molar-refractivity contribution in [2.24, 2.45) is 0 Å². The monoisotopic (exact) mass is 444 g/mol. The number of carbonyl (C=O) groups is 2. The average molecular weight is 445 g/mol. The van der Waals surface area contributed by atoms with E-state index in [4.69, 9.17) is 14.2 Å². The van der Waals surface area contributed by atoms with Crippen LogP contribution in [-0.2, 0) is 16.2 Å². The zero-order chi connectivity index (χ0) is 23.3. The number of hydrogen-bond donors (Lipinski definition) is 1. The third-order valence-electron chi connectivity index (χ3n) is 5.13. The Morgan fingerprint density at radius 2 is 2.03 bits per heavy atom. The number of piperidine rings is 1. The van der Waals surface area contributed by atoms with Crippen LogP contribution < -0.4 is 15.0 Å². The fourth-order valence-electron chi connectivity index (χ4n) is 3.96. The second-order valence-corrected chi connectivity index (χ2v) is 8.75. The standard InChI is InChI=1S/C23H32N4O5/c1-23(2,3)32-22(29)24-16-9-8-12-26(13-16)21-20(17-10-6-7-11-19(17)31-5)18(14-28)25-27(21)15-30-4/h6-7,10-11,14,16H,8-9,12-13,15H2,1-5H3,(H,24,29)/t16-/m1/s1. The highest BCUT2D eigenvalue weighted by Crippen LogP contribution is 2.39. The van der Waals surface area contributed by atoms with Gasteiger partial charge in [-0.15, -0.1) is 0 Å². The summed E-state index contributed by atoms with van der Waals surface area (Å²) in [7, 11) is 3.18. The number of carbonyl (C=O) groups excluding carboxylic acids is 2. The van der Waals surface area contributed by atoms with Crippen molar-refractivity contribution >= 4 is 18.2 Å². The third kappa shape index (κ3) is 5.40. The summed E-state index contributed by atoms with van der Waals surface area (Å²) >= 11 is 0. The van der Waals surface area contributed by atoms with Gasteiger partial charge in [-0.3, -0.25) is 4.79 Å². The van der Waals surface area contributed by atoms with Gasteiger partial charge in [0.15, 0.2) is 6.29 Å². The molecule has 9 heteroatoms. The lowest BCUT2D eigenvalue weighted by Gasteiger charge is -2.35. The predicted octanol–water partition coefficient (Wildman–Crippen LogP) is 3.47. The molecule has 32 heavy (non-hydrogen) atoms. The molecule has 174 valence electrons. The number of hydrogen-bond acceptors (Lipinski definition) is 7. The fraction of sp³-hybridized carbons (Fsp3) is 0.522. The van der Waals surface area contributed by atoms with Crippen molar-refractivity contribution in [1.29, 1.82) is 0 Å². The van der Waals surface area contributed by atoms with E-state index in [0.717, 1.165) is 37.1 Å². The Labute approximate surface area is 188 Å². The topological polar surface area (TPSA) is 94.9 Å². The summed E-state index contributed by atoms with van der Waals surface area (Å²) in [6, 6.07) is 7.43. The number of nitrogens with zero attached hydrogens (tertiary/aromatic N) is 3. The summed E-state index contributed by atoms with van der Waals surface area (Å²) in [6.07, 6.45) is 2.00. The molecule has 9 nitrogen and oxygen atoms in total. The van der Waals surface area contributed by atoms with Crippen molar-refractivity contribution in [2.75, 3.05) is 32.2 Å². The van der Waals surface area contributed by atoms with Gasteiger partial charge < -0.3 is 24.4 Å². The molecule has 0 aliphatic carbocycles. The number of amides is 1. The highest BCUT2D eigenvalue weighted by molar-refractivity contribution is 5.93. The van der Waals surface area contributed by atoms with Crippen LogP contribution in [0.2, 0.25) is 0 Å². The average Bonchev–Trinajstić information content (AvgIpc) is 3.11. The highest BCUT2D eigenvalue weighted by Gasteiger charge is 2.30. The van der Waals surface area contributed by atoms with Gasteiger partial charge in [-0.2, -0.15) is 5.10 Å². The molecule has 1 saturated heterocycles. The van der Waals surface area contributed by atoms with Crippen molar-refractivity contribution in [1.82, 2.24) is 15.1 Å². The minimum atomic E-state index is -0.564. The molecule has 1 aromatic heterocycles. The maximum absolute atomic E-state index is 12.3. The van der Waals surface area contributed by atoms with Crippen LogP contribution in [-0.4, -0.2) is 61.1 Å². The van der Waals surface area contributed by atoms with E-state index in [1.54, 1.807) is 18.9 Å². The quantitative estimate of drug-likeness (QED) is 0.654. The molecule has 1 aliphatic heterocycles. The molecule has 1 atom stereocenters. The Morgan fingerprint density at radius 3 is 2.69 bits per heavy atom. The second-order valence-electron chi connectivity index (χ2n) is 8.75. The number of ether oxygens (including phenoxy) is 3. The minimum Gasteiger partial charge on any atom is -0.496 e. The Hall–Kier alpha value is -3.07. The number of rotatable bonds is 7. The van der Waals surface area contributed by atoms with Crippen molar-refractivity contribution in [2.45, 2.75) is 52.0 Å². The van der Waals surface area contributed by atoms with Gasteiger partial charge in [0.25, 0.3) is 0 Å². The number of aromatic nitrogens is 2. The van der Waals surface area contributed by atoms with Gasteiger partial charge in [0.2, 0.25) is 0 Å². The first-order chi connectivity index (χ1) is 15.3. The first kappa shape index (κ1) is 23.6. The van der Waals surface area contributed by atoms with Crippen LogP contribution in [0.15, 0.2) is 24.3 Å². The normalized spacial score (nSPS) is 16.5. The summed E-state index contributed by atoms with van der Waals surface area (Å²) in [5, 5.41) is 7.47. The lowest BCUT2D eigenvalue weighted by molar-refractivity contribution is 0.0499. The first-order valence-electron chi connectivity index (χ1n) is 10.7. The lowest BCUT2D eigenvalue weighted by atomic mass is 10.0. The molecule has 3 rings (SSSR count). The van der Waals surface area contributed by atoms with Gasteiger partial charge in [0.05, 0.1) is 12.7 Å². The van der Waals surface area contributed by atoms with E-state index < -0.39 is 11.7 Å². The van der Waals surface area contributed by atoms with Gasteiger partial charge in [-0.05, 0) is 39.7 Å². The zero-order valence-electron chi connectivity index (χ0n) is 19.4. The second kappa shape index (κ2) is 10.0. The summed E-state index contributed by atoms with van der Waals surface area (Å²) in [5.74, 6) is 1.41. The molecule has 0 bridgehead atoms. The molecule has 0 radical (unpaired) electrons. The molecule has 2 aromatic rings. The zero-order valence-corrected chi connectivity index (χ0v) is 19.4. The molecule has 1 N–H and O–H groups in total. The SMILES string of the molecule is COCn1nc(C=O)c(-c2ccccc2OC)c1N1CCC[C@@H](NC(=O)OC(C)(C)C)C1. The van der Waals surface area contributed by atoms with Crippen LogP contribution in [0.1, 0.15) is 44.1 Å². The van der Waals surface area contributed by atoms with Gasteiger partial charge in [0.1, 0.15) is 29.6 Å². The predicted molar refractivity (Wildman–Crippen MR) is 121 cm³/mol. The Kier molecular flexibility index (Phi) is 7.40. The third-order valence-corrected chi connectivity index (χ3v) is 5.13. The number of anilines is 1. The Balaban J connectivity index is 1.97. The van der Waals surface area contributed by atoms with E-state index in [2.05, 4.69) is 15.3 Å². The molecule has 0 saturated carbocycles. The van der Waals surface area contributed by atoms with Crippen LogP contribution in [0.3, 0.4) is 0 Å². The van der Waals surface area contributed by atoms with Crippen molar-refractivity contribution < 1.29 is 23.8 Å². The van der Waals surface area contributed by atoms with Gasteiger partial charge >= 0.3 is 6.09 Å². The van der Waals surface area contributed by atoms with Crippen molar-refractivity contribution in [3.8, 4) is 16.9 Å². The molecular weight excluding hydrogens is 412 g/mol. The van der Waals surface area contributed by atoms with Crippen molar-refractivity contribution in [3.05, 3.63) is 30.0 Å². The van der Waals surface area contributed by atoms with Crippen LogP contribution in [0.4, 0.5) is 10.6 Å². The maximum atomic E-state index is 12.3. The van der Waals surface area contributed by atoms with Crippen molar-refractivity contribution in [3.63, 3.8) is 0 Å². The molecular formula is C23H32N4O5. The fourth-order valence-corrected chi connectivity index (χ4v) is 3.96. The first-order valence-corrected chi connectivity index (χ1v) is 10.7. The van der Waals surface area contributed by atoms with E-state index in [0.29, 0.717) is 23.6 Å². The van der Waals surface area contributed by atoms with E-state index in [1.165, 1.54) is 0 Å². The molecule has 2 heterocycles. The van der Waals surface area contributed by atoms with Crippen LogP contribution >= 0.6 is 0 Å². The lowest BCUT2D eigenvalue weighted by Crippen LogP contribution is -2.49. The van der Waals surface area contributed by atoms with E-state index in [9.17, 15) is 9.59 Å². The number of nitrogens with one attached hydrogen (secondary N) is 1. The largest absolute Gasteiger partial charge is 0.496 e. The van der Waals surface area contributed by atoms with E-state index in [-0.39, 0.29) is 12.8 Å². The highest BCUT2D eigenvalue weighted by atomic mass is 16.6. The van der Waals surface area contributed by atoms with Gasteiger partial charge in [-0.1, -0.05) is 18.2 Å². The van der Waals surface area contributed by atoms with Gasteiger partial charge in [-0.25, -0.2) is 9.48 Å². The Bertz CT molecular complexity index is 950. The molecule has 1 fully saturated rings. The van der Waals surface area contributed by atoms with Gasteiger partial charge in [0, 0.05) is 31.8 Å². The number of para-hydroxylation sites is 1. The summed E-state index contributed by atoms with van der Waals surface area (Å²) in [6.45, 7) is 7.00. The maximum Gasteiger partial charge on any atom is 0.407 e. The molecule has 0 spiro atoms. The van der Waals surface area contributed by atoms with Crippen LogP contribution in [0.25, 0.3) is 11.1 Å². The number of alkyl carbamates (subject to hydrolysis) is 1. The smallest absolute Gasteiger partial charge is 0.407 e. The Morgan fingerprint density at radius 1 is 1.28 bits per heavy atom. The van der Waals surface area contributed by atoms with Crippen LogP contribution in [0.5, 0.6) is 5.75 Å². The molecule has 0 unspecified atom stereocenters. The number of aldehydes is 1. The summed E-state index contributed by atoms with van der Waals surface area (Å²) in [5.41, 5.74) is 1.21.